The third-order valence-electron chi connectivity index (χ3n) is 4.35. The van der Waals surface area contributed by atoms with Gasteiger partial charge in [-0.15, -0.1) is 24.8 Å². The maximum Gasteiger partial charge on any atom is 0.249 e. The van der Waals surface area contributed by atoms with Crippen LogP contribution >= 0.6 is 24.8 Å². The van der Waals surface area contributed by atoms with Crippen LogP contribution in [0.2, 0.25) is 0 Å². The van der Waals surface area contributed by atoms with Crippen molar-refractivity contribution in [2.24, 2.45) is 0 Å². The molecule has 2 heterocycles. The van der Waals surface area contributed by atoms with Gasteiger partial charge in [-0.1, -0.05) is 12.1 Å². The van der Waals surface area contributed by atoms with E-state index in [0.717, 1.165) is 35.2 Å². The number of aromatic nitrogens is 2. The number of aromatic amines is 1. The highest BCUT2D eigenvalue weighted by Gasteiger charge is 2.29. The van der Waals surface area contributed by atoms with Gasteiger partial charge in [0.2, 0.25) is 5.56 Å². The van der Waals surface area contributed by atoms with Gasteiger partial charge in [0.05, 0.1) is 5.69 Å². The van der Waals surface area contributed by atoms with Crippen molar-refractivity contribution in [3.63, 3.8) is 0 Å². The average Bonchev–Trinajstić information content (AvgIpc) is 3.45. The number of hydrogen-bond donors (Lipinski definition) is 2. The predicted octanol–water partition coefficient (Wildman–Crippen LogP) is 3.27. The molecule has 2 N–H and O–H groups in total. The molecule has 0 spiro atoms. The fourth-order valence-corrected chi connectivity index (χ4v) is 3.57. The highest BCUT2D eigenvalue weighted by atomic mass is 35.5. The van der Waals surface area contributed by atoms with E-state index in [0.29, 0.717) is 12.2 Å². The zero-order valence-corrected chi connectivity index (χ0v) is 17.1. The molecule has 1 aliphatic rings. The van der Waals surface area contributed by atoms with Gasteiger partial charge in [0.25, 0.3) is 0 Å². The number of nitrogens with zero attached hydrogens (tertiary/aromatic N) is 2. The molecule has 0 aliphatic heterocycles. The predicted molar refractivity (Wildman–Crippen MR) is 114 cm³/mol. The summed E-state index contributed by atoms with van der Waals surface area (Å²) in [5.74, 6) is 0. The van der Waals surface area contributed by atoms with Crippen molar-refractivity contribution in [1.82, 2.24) is 14.3 Å². The van der Waals surface area contributed by atoms with E-state index in [1.807, 2.05) is 30.3 Å². The van der Waals surface area contributed by atoms with Crippen molar-refractivity contribution < 1.29 is 8.76 Å². The van der Waals surface area contributed by atoms with Gasteiger partial charge in [0.1, 0.15) is 5.65 Å². The van der Waals surface area contributed by atoms with Crippen LogP contribution in [0.15, 0.2) is 53.5 Å². The van der Waals surface area contributed by atoms with Crippen LogP contribution in [0.25, 0.3) is 11.0 Å². The molecule has 0 amide bonds. The number of anilines is 2. The highest BCUT2D eigenvalue weighted by molar-refractivity contribution is 7.76. The molecule has 1 saturated carbocycles. The van der Waals surface area contributed by atoms with Gasteiger partial charge in [-0.2, -0.15) is 0 Å². The molecule has 7 nitrogen and oxygen atoms in total. The van der Waals surface area contributed by atoms with Crippen LogP contribution in [-0.4, -0.2) is 29.1 Å². The van der Waals surface area contributed by atoms with Gasteiger partial charge in [-0.3, -0.25) is 9.00 Å². The van der Waals surface area contributed by atoms with E-state index in [1.165, 1.54) is 10.4 Å². The van der Waals surface area contributed by atoms with Crippen molar-refractivity contribution >= 4 is 58.5 Å². The molecular formula is C18H19Cl2N4O3S-. The molecule has 10 heteroatoms. The molecule has 0 bridgehead atoms. The lowest BCUT2D eigenvalue weighted by Crippen LogP contribution is -2.27. The summed E-state index contributed by atoms with van der Waals surface area (Å²) in [5.41, 5.74) is 2.98. The minimum Gasteiger partial charge on any atom is -0.760 e. The van der Waals surface area contributed by atoms with Crippen LogP contribution in [-0.2, 0) is 17.8 Å². The number of nitrogens with one attached hydrogen (secondary N) is 2. The Balaban J connectivity index is 0.00000140. The smallest absolute Gasteiger partial charge is 0.249 e. The van der Waals surface area contributed by atoms with E-state index < -0.39 is 11.3 Å². The Morgan fingerprint density at radius 3 is 2.50 bits per heavy atom. The van der Waals surface area contributed by atoms with Crippen molar-refractivity contribution in [2.75, 3.05) is 5.32 Å². The second kappa shape index (κ2) is 9.49. The Hall–Kier alpha value is -1.97. The molecule has 0 saturated heterocycles. The van der Waals surface area contributed by atoms with E-state index in [2.05, 4.69) is 15.3 Å². The number of fused-ring (bicyclic) bond motifs is 1. The molecule has 4 rings (SSSR count). The third-order valence-corrected chi connectivity index (χ3v) is 5.16. The van der Waals surface area contributed by atoms with Gasteiger partial charge in [0.15, 0.2) is 0 Å². The summed E-state index contributed by atoms with van der Waals surface area (Å²) in [4.78, 5) is 18.3. The number of rotatable bonds is 6. The minimum atomic E-state index is -2.19. The quantitative estimate of drug-likeness (QED) is 0.571. The number of H-pyrrole nitrogens is 1. The van der Waals surface area contributed by atoms with Gasteiger partial charge in [-0.25, -0.2) is 9.29 Å². The first-order valence-electron chi connectivity index (χ1n) is 8.30. The Labute approximate surface area is 176 Å². The Bertz CT molecular complexity index is 1030. The number of benzene rings is 1. The normalized spacial score (nSPS) is 14.2. The first-order chi connectivity index (χ1) is 12.6. The standard InChI is InChI=1S/C18H18N4O3S.2ClH/c23-17-8-7-15-16(9-10-19-18(15)21-17)20-13-3-1-12(2-4-13)11-22(26(24)25)14-5-6-14;;/h1-4,7-10,14H,5-6,11H2,(H,24,25)(H2,19,20,21,23);2*1H/p-1. The summed E-state index contributed by atoms with van der Waals surface area (Å²) in [6, 6.07) is 12.8. The first kappa shape index (κ1) is 22.3. The molecule has 0 radical (unpaired) electrons. The van der Waals surface area contributed by atoms with E-state index in [1.54, 1.807) is 12.3 Å². The van der Waals surface area contributed by atoms with Gasteiger partial charge in [-0.05, 0) is 42.7 Å². The van der Waals surface area contributed by atoms with Crippen molar-refractivity contribution in [1.29, 1.82) is 0 Å². The van der Waals surface area contributed by atoms with Crippen molar-refractivity contribution in [3.8, 4) is 0 Å². The lowest BCUT2D eigenvalue weighted by molar-refractivity contribution is 0.376. The monoisotopic (exact) mass is 441 g/mol. The van der Waals surface area contributed by atoms with Gasteiger partial charge >= 0.3 is 0 Å². The van der Waals surface area contributed by atoms with Crippen LogP contribution in [0, 0.1) is 0 Å². The molecule has 1 aliphatic carbocycles. The van der Waals surface area contributed by atoms with E-state index in [9.17, 15) is 13.6 Å². The fourth-order valence-electron chi connectivity index (χ4n) is 2.86. The maximum atomic E-state index is 11.4. The molecule has 1 atom stereocenters. The molecule has 150 valence electrons. The Kier molecular flexibility index (Phi) is 7.56. The fraction of sp³-hybridized carbons (Fsp3) is 0.222. The average molecular weight is 442 g/mol. The number of pyridine rings is 2. The second-order valence-electron chi connectivity index (χ2n) is 6.29. The Morgan fingerprint density at radius 1 is 1.14 bits per heavy atom. The molecule has 2 aromatic heterocycles. The topological polar surface area (TPSA) is 101 Å². The van der Waals surface area contributed by atoms with Crippen molar-refractivity contribution in [3.05, 3.63) is 64.6 Å². The summed E-state index contributed by atoms with van der Waals surface area (Å²) in [7, 11) is 0. The zero-order valence-electron chi connectivity index (χ0n) is 14.7. The lowest BCUT2D eigenvalue weighted by atomic mass is 10.2. The molecular weight excluding hydrogens is 423 g/mol. The van der Waals surface area contributed by atoms with Crippen molar-refractivity contribution in [2.45, 2.75) is 25.4 Å². The minimum absolute atomic E-state index is 0. The summed E-state index contributed by atoms with van der Waals surface area (Å²) >= 11 is -2.19. The van der Waals surface area contributed by atoms with Crippen LogP contribution in [0.3, 0.4) is 0 Å². The molecule has 1 unspecified atom stereocenters. The van der Waals surface area contributed by atoms with Gasteiger partial charge < -0.3 is 14.9 Å². The second-order valence-corrected chi connectivity index (χ2v) is 7.19. The first-order valence-corrected chi connectivity index (χ1v) is 9.33. The lowest BCUT2D eigenvalue weighted by Gasteiger charge is -2.24. The van der Waals surface area contributed by atoms with E-state index in [4.69, 9.17) is 0 Å². The summed E-state index contributed by atoms with van der Waals surface area (Å²) in [6.07, 6.45) is 3.50. The molecule has 28 heavy (non-hydrogen) atoms. The number of hydrogen-bond acceptors (Lipinski definition) is 5. The summed E-state index contributed by atoms with van der Waals surface area (Å²) in [6.45, 7) is 0.389. The van der Waals surface area contributed by atoms with Gasteiger partial charge in [0, 0.05) is 47.2 Å². The third kappa shape index (κ3) is 5.09. The largest absolute Gasteiger partial charge is 0.760 e. The molecule has 1 aromatic carbocycles. The summed E-state index contributed by atoms with van der Waals surface area (Å²) in [5, 5.41) is 4.12. The Morgan fingerprint density at radius 2 is 1.86 bits per heavy atom. The van der Waals surface area contributed by atoms with E-state index >= 15 is 0 Å². The highest BCUT2D eigenvalue weighted by Crippen LogP contribution is 2.29. The molecule has 1 fully saturated rings. The maximum absolute atomic E-state index is 11.4. The zero-order chi connectivity index (χ0) is 18.1. The van der Waals surface area contributed by atoms with Crippen LogP contribution in [0.1, 0.15) is 18.4 Å². The summed E-state index contributed by atoms with van der Waals surface area (Å²) < 4.78 is 24.1. The molecule has 3 aromatic rings. The van der Waals surface area contributed by atoms with Crippen LogP contribution < -0.4 is 10.9 Å². The van der Waals surface area contributed by atoms with Crippen LogP contribution in [0.5, 0.6) is 0 Å². The SMILES string of the molecule is Cl.Cl.O=c1ccc2c(Nc3ccc(CN(C4CC4)S(=O)[O-])cc3)ccnc2[nH]1. The number of halogens is 2. The van der Waals surface area contributed by atoms with Crippen LogP contribution in [0.4, 0.5) is 11.4 Å². The van der Waals surface area contributed by atoms with E-state index in [-0.39, 0.29) is 36.4 Å².